The van der Waals surface area contributed by atoms with Gasteiger partial charge in [0.2, 0.25) is 0 Å². The molecule has 0 bridgehead atoms. The van der Waals surface area contributed by atoms with Gasteiger partial charge >= 0.3 is 0 Å². The number of benzene rings is 3. The van der Waals surface area contributed by atoms with Crippen molar-refractivity contribution in [3.05, 3.63) is 94.5 Å². The van der Waals surface area contributed by atoms with Crippen molar-refractivity contribution in [3.63, 3.8) is 0 Å². The molecule has 0 aliphatic heterocycles. The Bertz CT molecular complexity index is 1070. The van der Waals surface area contributed by atoms with Crippen molar-refractivity contribution >= 4 is 52.1 Å². The van der Waals surface area contributed by atoms with E-state index < -0.39 is 0 Å². The van der Waals surface area contributed by atoms with Crippen LogP contribution in [0.2, 0.25) is 5.02 Å². The van der Waals surface area contributed by atoms with Crippen LogP contribution >= 0.6 is 23.8 Å². The second kappa shape index (κ2) is 9.32. The van der Waals surface area contributed by atoms with Gasteiger partial charge in [-0.05, 0) is 73.2 Å². The number of hydrogen-bond donors (Lipinski definition) is 3. The molecule has 146 valence electrons. The van der Waals surface area contributed by atoms with Gasteiger partial charge in [-0.3, -0.25) is 14.9 Å². The fourth-order valence-corrected chi connectivity index (χ4v) is 3.03. The average molecular weight is 424 g/mol. The first-order chi connectivity index (χ1) is 13.9. The zero-order valence-corrected chi connectivity index (χ0v) is 17.1. The van der Waals surface area contributed by atoms with Gasteiger partial charge in [0.05, 0.1) is 0 Å². The van der Waals surface area contributed by atoms with Crippen LogP contribution in [0.1, 0.15) is 26.3 Å². The number of carbonyl (C=O) groups is 2. The van der Waals surface area contributed by atoms with Crippen LogP contribution in [0.3, 0.4) is 0 Å². The topological polar surface area (TPSA) is 70.2 Å². The maximum atomic E-state index is 12.3. The Hall–Kier alpha value is -3.22. The summed E-state index contributed by atoms with van der Waals surface area (Å²) < 4.78 is 0. The molecule has 0 aromatic heterocycles. The molecule has 0 saturated carbocycles. The van der Waals surface area contributed by atoms with E-state index in [4.69, 9.17) is 23.8 Å². The Balaban J connectivity index is 1.62. The number of anilines is 2. The summed E-state index contributed by atoms with van der Waals surface area (Å²) in [5.74, 6) is -0.535. The van der Waals surface area contributed by atoms with Gasteiger partial charge in [-0.1, -0.05) is 35.9 Å². The Morgan fingerprint density at radius 1 is 0.828 bits per heavy atom. The van der Waals surface area contributed by atoms with Crippen molar-refractivity contribution in [2.24, 2.45) is 0 Å². The molecule has 3 aromatic carbocycles. The number of thiocarbonyl (C=S) groups is 1. The third kappa shape index (κ3) is 5.63. The first kappa shape index (κ1) is 20.5. The monoisotopic (exact) mass is 423 g/mol. The largest absolute Gasteiger partial charge is 0.332 e. The van der Waals surface area contributed by atoms with Crippen molar-refractivity contribution in [2.75, 3.05) is 10.6 Å². The Morgan fingerprint density at radius 2 is 1.55 bits per heavy atom. The van der Waals surface area contributed by atoms with Crippen LogP contribution in [0.15, 0.2) is 72.8 Å². The third-order valence-electron chi connectivity index (χ3n) is 4.08. The molecular weight excluding hydrogens is 406 g/mol. The van der Waals surface area contributed by atoms with Gasteiger partial charge in [-0.15, -0.1) is 0 Å². The van der Waals surface area contributed by atoms with Crippen LogP contribution in [0, 0.1) is 6.92 Å². The summed E-state index contributed by atoms with van der Waals surface area (Å²) in [6, 6.07) is 21.0. The highest BCUT2D eigenvalue weighted by molar-refractivity contribution is 7.80. The summed E-state index contributed by atoms with van der Waals surface area (Å²) in [6.45, 7) is 1.87. The molecule has 0 aliphatic carbocycles. The Kier molecular flexibility index (Phi) is 6.59. The molecule has 0 atom stereocenters. The summed E-state index contributed by atoms with van der Waals surface area (Å²) in [5.41, 5.74) is 3.23. The van der Waals surface area contributed by atoms with E-state index in [1.165, 1.54) is 0 Å². The number of nitrogens with one attached hydrogen (secondary N) is 3. The normalized spacial score (nSPS) is 10.1. The lowest BCUT2D eigenvalue weighted by Crippen LogP contribution is -2.34. The molecule has 0 radical (unpaired) electrons. The van der Waals surface area contributed by atoms with E-state index in [1.54, 1.807) is 48.5 Å². The average Bonchev–Trinajstić information content (AvgIpc) is 2.70. The van der Waals surface area contributed by atoms with Gasteiger partial charge in [0.15, 0.2) is 5.11 Å². The summed E-state index contributed by atoms with van der Waals surface area (Å²) in [4.78, 5) is 24.5. The predicted octanol–water partition coefficient (Wildman–Crippen LogP) is 5.03. The molecule has 0 spiro atoms. The predicted molar refractivity (Wildman–Crippen MR) is 121 cm³/mol. The van der Waals surface area contributed by atoms with E-state index in [1.807, 2.05) is 31.2 Å². The fourth-order valence-electron chi connectivity index (χ4n) is 2.63. The molecular formula is C22H18ClN3O2S. The molecule has 0 aliphatic rings. The minimum Gasteiger partial charge on any atom is -0.332 e. The molecule has 2 amide bonds. The maximum Gasteiger partial charge on any atom is 0.257 e. The zero-order chi connectivity index (χ0) is 20.8. The second-order valence-electron chi connectivity index (χ2n) is 6.27. The highest BCUT2D eigenvalue weighted by atomic mass is 35.5. The molecule has 7 heteroatoms. The maximum absolute atomic E-state index is 12.3. The number of rotatable bonds is 4. The van der Waals surface area contributed by atoms with Crippen molar-refractivity contribution in [3.8, 4) is 0 Å². The highest BCUT2D eigenvalue weighted by Gasteiger charge is 2.10. The third-order valence-corrected chi connectivity index (χ3v) is 4.52. The van der Waals surface area contributed by atoms with Gasteiger partial charge in [-0.2, -0.15) is 0 Å². The van der Waals surface area contributed by atoms with Gasteiger partial charge in [0, 0.05) is 27.5 Å². The number of hydrogen-bond acceptors (Lipinski definition) is 3. The fraction of sp³-hybridized carbons (Fsp3) is 0.0455. The number of amides is 2. The van der Waals surface area contributed by atoms with Crippen molar-refractivity contribution in [1.82, 2.24) is 5.32 Å². The standard InChI is InChI=1S/C22H18ClN3O2S/c1-14-12-18(10-11-19(14)25-20(27)15-6-3-2-4-7-15)24-22(29)26-21(28)16-8-5-9-17(23)13-16/h2-13H,1H3,(H,25,27)(H2,24,26,28,29). The lowest BCUT2D eigenvalue weighted by molar-refractivity contribution is 0.0976. The lowest BCUT2D eigenvalue weighted by Gasteiger charge is -2.13. The highest BCUT2D eigenvalue weighted by Crippen LogP contribution is 2.20. The van der Waals surface area contributed by atoms with Crippen LogP contribution in [0.5, 0.6) is 0 Å². The smallest absolute Gasteiger partial charge is 0.257 e. The first-order valence-electron chi connectivity index (χ1n) is 8.77. The Morgan fingerprint density at radius 3 is 2.24 bits per heavy atom. The number of halogens is 1. The number of aryl methyl sites for hydroxylation is 1. The molecule has 3 rings (SSSR count). The van der Waals surface area contributed by atoms with E-state index in [0.29, 0.717) is 27.5 Å². The summed E-state index contributed by atoms with van der Waals surface area (Å²) in [6.07, 6.45) is 0. The van der Waals surface area contributed by atoms with Crippen LogP contribution < -0.4 is 16.0 Å². The SMILES string of the molecule is Cc1cc(NC(=S)NC(=O)c2cccc(Cl)c2)ccc1NC(=O)c1ccccc1. The summed E-state index contributed by atoms with van der Waals surface area (Å²) >= 11 is 11.1. The molecule has 0 unspecified atom stereocenters. The van der Waals surface area contributed by atoms with E-state index >= 15 is 0 Å². The van der Waals surface area contributed by atoms with Gasteiger partial charge in [-0.25, -0.2) is 0 Å². The second-order valence-corrected chi connectivity index (χ2v) is 7.11. The quantitative estimate of drug-likeness (QED) is 0.515. The van der Waals surface area contributed by atoms with Crippen molar-refractivity contribution < 1.29 is 9.59 Å². The Labute approximate surface area is 179 Å². The van der Waals surface area contributed by atoms with E-state index in [0.717, 1.165) is 5.56 Å². The first-order valence-corrected chi connectivity index (χ1v) is 9.56. The molecule has 0 saturated heterocycles. The minimum absolute atomic E-state index is 0.162. The zero-order valence-electron chi connectivity index (χ0n) is 15.5. The molecule has 0 fully saturated rings. The van der Waals surface area contributed by atoms with Gasteiger partial charge in [0.1, 0.15) is 0 Å². The molecule has 0 heterocycles. The lowest BCUT2D eigenvalue weighted by atomic mass is 10.1. The van der Waals surface area contributed by atoms with Crippen molar-refractivity contribution in [1.29, 1.82) is 0 Å². The number of carbonyl (C=O) groups excluding carboxylic acids is 2. The van der Waals surface area contributed by atoms with Crippen LogP contribution in [-0.4, -0.2) is 16.9 Å². The minimum atomic E-state index is -0.353. The van der Waals surface area contributed by atoms with E-state index in [-0.39, 0.29) is 16.9 Å². The molecule has 5 nitrogen and oxygen atoms in total. The molecule has 3 N–H and O–H groups in total. The summed E-state index contributed by atoms with van der Waals surface area (Å²) in [5, 5.41) is 9.10. The van der Waals surface area contributed by atoms with Crippen LogP contribution in [0.4, 0.5) is 11.4 Å². The van der Waals surface area contributed by atoms with Gasteiger partial charge < -0.3 is 10.6 Å². The van der Waals surface area contributed by atoms with Crippen LogP contribution in [-0.2, 0) is 0 Å². The summed E-state index contributed by atoms with van der Waals surface area (Å²) in [7, 11) is 0. The van der Waals surface area contributed by atoms with Crippen LogP contribution in [0.25, 0.3) is 0 Å². The molecule has 3 aromatic rings. The van der Waals surface area contributed by atoms with Crippen molar-refractivity contribution in [2.45, 2.75) is 6.92 Å². The van der Waals surface area contributed by atoms with E-state index in [2.05, 4.69) is 16.0 Å². The van der Waals surface area contributed by atoms with Gasteiger partial charge in [0.25, 0.3) is 11.8 Å². The molecule has 29 heavy (non-hydrogen) atoms. The van der Waals surface area contributed by atoms with E-state index in [9.17, 15) is 9.59 Å².